The zero-order chi connectivity index (χ0) is 19.0. The highest BCUT2D eigenvalue weighted by molar-refractivity contribution is 9.10. The Labute approximate surface area is 170 Å². The highest BCUT2D eigenvalue weighted by Gasteiger charge is 2.35. The summed E-state index contributed by atoms with van der Waals surface area (Å²) in [6.07, 6.45) is 0.167. The van der Waals surface area contributed by atoms with Crippen LogP contribution in [0.15, 0.2) is 34.8 Å². The molecule has 3 rings (SSSR count). The van der Waals surface area contributed by atoms with Crippen LogP contribution in [-0.4, -0.2) is 18.4 Å². The van der Waals surface area contributed by atoms with Crippen molar-refractivity contribution in [2.24, 2.45) is 5.92 Å². The molecule has 7 heteroatoms. The van der Waals surface area contributed by atoms with Gasteiger partial charge in [0, 0.05) is 33.8 Å². The minimum absolute atomic E-state index is 0.0874. The molecule has 1 saturated heterocycles. The molecule has 136 valence electrons. The van der Waals surface area contributed by atoms with Crippen LogP contribution in [0.2, 0.25) is 10.0 Å². The van der Waals surface area contributed by atoms with Gasteiger partial charge in [-0.15, -0.1) is 0 Å². The maximum absolute atomic E-state index is 12.6. The van der Waals surface area contributed by atoms with Crippen LogP contribution in [-0.2, 0) is 9.59 Å². The molecule has 0 unspecified atom stereocenters. The molecule has 0 radical (unpaired) electrons. The fourth-order valence-electron chi connectivity index (χ4n) is 2.90. The van der Waals surface area contributed by atoms with E-state index in [-0.39, 0.29) is 18.2 Å². The van der Waals surface area contributed by atoms with Gasteiger partial charge in [-0.25, -0.2) is 0 Å². The van der Waals surface area contributed by atoms with Gasteiger partial charge in [0.2, 0.25) is 11.8 Å². The van der Waals surface area contributed by atoms with E-state index in [1.807, 2.05) is 26.0 Å². The first-order chi connectivity index (χ1) is 12.3. The van der Waals surface area contributed by atoms with Crippen LogP contribution >= 0.6 is 39.1 Å². The standard InChI is InChI=1S/C19H17BrCl2N2O2/c1-10-3-4-13(8-15(10)21)24-9-12(7-17(24)25)19(26)23-16-6-5-14(20)18(22)11(16)2/h3-6,8,12H,7,9H2,1-2H3,(H,23,26)/t12-/m1/s1. The largest absolute Gasteiger partial charge is 0.325 e. The summed E-state index contributed by atoms with van der Waals surface area (Å²) < 4.78 is 0.771. The number of halogens is 3. The Morgan fingerprint density at radius 3 is 2.65 bits per heavy atom. The average molecular weight is 456 g/mol. The smallest absolute Gasteiger partial charge is 0.229 e. The average Bonchev–Trinajstić information content (AvgIpc) is 3.00. The number of carbonyl (C=O) groups is 2. The quantitative estimate of drug-likeness (QED) is 0.676. The van der Waals surface area contributed by atoms with Crippen molar-refractivity contribution in [2.45, 2.75) is 20.3 Å². The molecule has 0 bridgehead atoms. The fraction of sp³-hybridized carbons (Fsp3) is 0.263. The SMILES string of the molecule is Cc1ccc(N2C[C@H](C(=O)Nc3ccc(Br)c(Cl)c3C)CC2=O)cc1Cl. The third-order valence-corrected chi connectivity index (χ3v) is 6.34. The zero-order valence-electron chi connectivity index (χ0n) is 14.3. The van der Waals surface area contributed by atoms with Crippen LogP contribution < -0.4 is 10.2 Å². The van der Waals surface area contributed by atoms with Crippen molar-refractivity contribution < 1.29 is 9.59 Å². The summed E-state index contributed by atoms with van der Waals surface area (Å²) in [5.74, 6) is -0.708. The molecule has 26 heavy (non-hydrogen) atoms. The Morgan fingerprint density at radius 2 is 1.96 bits per heavy atom. The molecule has 1 fully saturated rings. The van der Waals surface area contributed by atoms with Crippen molar-refractivity contribution in [2.75, 3.05) is 16.8 Å². The van der Waals surface area contributed by atoms with Crippen LogP contribution in [0.4, 0.5) is 11.4 Å². The van der Waals surface area contributed by atoms with Gasteiger partial charge in [-0.2, -0.15) is 0 Å². The molecular formula is C19H17BrCl2N2O2. The normalized spacial score (nSPS) is 16.9. The highest BCUT2D eigenvalue weighted by Crippen LogP contribution is 2.33. The second-order valence-electron chi connectivity index (χ2n) is 6.36. The van der Waals surface area contributed by atoms with E-state index in [1.165, 1.54) is 0 Å². The Morgan fingerprint density at radius 1 is 1.23 bits per heavy atom. The Kier molecular flexibility index (Phi) is 5.61. The van der Waals surface area contributed by atoms with Gasteiger partial charge in [-0.1, -0.05) is 29.3 Å². The van der Waals surface area contributed by atoms with Crippen molar-refractivity contribution in [3.8, 4) is 0 Å². The summed E-state index contributed by atoms with van der Waals surface area (Å²) in [6, 6.07) is 9.04. The minimum atomic E-state index is -0.426. The number of aryl methyl sites for hydroxylation is 1. The molecule has 1 N–H and O–H groups in total. The predicted octanol–water partition coefficient (Wildman–Crippen LogP) is 5.36. The van der Waals surface area contributed by atoms with E-state index in [1.54, 1.807) is 23.1 Å². The van der Waals surface area contributed by atoms with Gasteiger partial charge in [-0.05, 0) is 65.2 Å². The topological polar surface area (TPSA) is 49.4 Å². The van der Waals surface area contributed by atoms with Crippen LogP contribution in [0, 0.1) is 19.8 Å². The highest BCUT2D eigenvalue weighted by atomic mass is 79.9. The van der Waals surface area contributed by atoms with Crippen molar-refractivity contribution in [1.29, 1.82) is 0 Å². The number of rotatable bonds is 3. The van der Waals surface area contributed by atoms with Gasteiger partial charge in [0.1, 0.15) is 0 Å². The molecular weight excluding hydrogens is 439 g/mol. The Hall–Kier alpha value is -1.56. The van der Waals surface area contributed by atoms with E-state index in [2.05, 4.69) is 21.2 Å². The van der Waals surface area contributed by atoms with Crippen molar-refractivity contribution in [3.05, 3.63) is 56.0 Å². The van der Waals surface area contributed by atoms with E-state index in [9.17, 15) is 9.59 Å². The van der Waals surface area contributed by atoms with E-state index in [0.717, 1.165) is 15.6 Å². The number of amides is 2. The lowest BCUT2D eigenvalue weighted by Gasteiger charge is -2.18. The van der Waals surface area contributed by atoms with Crippen molar-refractivity contribution >= 4 is 62.3 Å². The minimum Gasteiger partial charge on any atom is -0.325 e. The van der Waals surface area contributed by atoms with Crippen LogP contribution in [0.25, 0.3) is 0 Å². The summed E-state index contributed by atoms with van der Waals surface area (Å²) in [5.41, 5.74) is 3.08. The lowest BCUT2D eigenvalue weighted by Crippen LogP contribution is -2.28. The maximum atomic E-state index is 12.6. The lowest BCUT2D eigenvalue weighted by atomic mass is 10.1. The van der Waals surface area contributed by atoms with Crippen LogP contribution in [0.1, 0.15) is 17.5 Å². The molecule has 0 saturated carbocycles. The Bertz CT molecular complexity index is 901. The number of hydrogen-bond donors (Lipinski definition) is 1. The van der Waals surface area contributed by atoms with Gasteiger partial charge in [0.05, 0.1) is 10.9 Å². The van der Waals surface area contributed by atoms with Crippen molar-refractivity contribution in [1.82, 2.24) is 0 Å². The van der Waals surface area contributed by atoms with E-state index >= 15 is 0 Å². The molecule has 2 aromatic rings. The molecule has 0 aromatic heterocycles. The first-order valence-electron chi connectivity index (χ1n) is 8.10. The first-order valence-corrected chi connectivity index (χ1v) is 9.65. The lowest BCUT2D eigenvalue weighted by molar-refractivity contribution is -0.122. The van der Waals surface area contributed by atoms with Gasteiger partial charge in [-0.3, -0.25) is 9.59 Å². The maximum Gasteiger partial charge on any atom is 0.229 e. The molecule has 1 aliphatic heterocycles. The monoisotopic (exact) mass is 454 g/mol. The van der Waals surface area contributed by atoms with E-state index < -0.39 is 5.92 Å². The van der Waals surface area contributed by atoms with E-state index in [4.69, 9.17) is 23.2 Å². The second-order valence-corrected chi connectivity index (χ2v) is 8.00. The fourth-order valence-corrected chi connectivity index (χ4v) is 3.67. The number of nitrogens with one attached hydrogen (secondary N) is 1. The third kappa shape index (κ3) is 3.75. The molecule has 1 aliphatic rings. The van der Waals surface area contributed by atoms with E-state index in [0.29, 0.717) is 28.0 Å². The first kappa shape index (κ1) is 19.2. The molecule has 2 aromatic carbocycles. The van der Waals surface area contributed by atoms with Crippen molar-refractivity contribution in [3.63, 3.8) is 0 Å². The summed E-state index contributed by atoms with van der Waals surface area (Å²) in [4.78, 5) is 26.6. The van der Waals surface area contributed by atoms with Gasteiger partial charge in [0.25, 0.3) is 0 Å². The zero-order valence-corrected chi connectivity index (χ0v) is 17.4. The second kappa shape index (κ2) is 7.59. The number of nitrogens with zero attached hydrogens (tertiary/aromatic N) is 1. The molecule has 2 amide bonds. The van der Waals surface area contributed by atoms with Gasteiger partial charge < -0.3 is 10.2 Å². The molecule has 0 aliphatic carbocycles. The predicted molar refractivity (Wildman–Crippen MR) is 109 cm³/mol. The number of anilines is 2. The van der Waals surface area contributed by atoms with Crippen LogP contribution in [0.5, 0.6) is 0 Å². The Balaban J connectivity index is 1.75. The molecule has 1 atom stereocenters. The summed E-state index contributed by atoms with van der Waals surface area (Å²) >= 11 is 15.7. The number of hydrogen-bond acceptors (Lipinski definition) is 2. The third-order valence-electron chi connectivity index (χ3n) is 4.56. The van der Waals surface area contributed by atoms with Gasteiger partial charge >= 0.3 is 0 Å². The molecule has 1 heterocycles. The summed E-state index contributed by atoms with van der Waals surface area (Å²) in [5, 5.41) is 4.04. The molecule has 0 spiro atoms. The number of carbonyl (C=O) groups excluding carboxylic acids is 2. The number of benzene rings is 2. The summed E-state index contributed by atoms with van der Waals surface area (Å²) in [7, 11) is 0. The van der Waals surface area contributed by atoms with Gasteiger partial charge in [0.15, 0.2) is 0 Å². The summed E-state index contributed by atoms with van der Waals surface area (Å²) in [6.45, 7) is 4.07. The molecule has 4 nitrogen and oxygen atoms in total. The van der Waals surface area contributed by atoms with Crippen LogP contribution in [0.3, 0.4) is 0 Å².